The predicted molar refractivity (Wildman–Crippen MR) is 128 cm³/mol. The minimum atomic E-state index is -4.02. The Labute approximate surface area is 199 Å². The van der Waals surface area contributed by atoms with Gasteiger partial charge in [-0.25, -0.2) is 16.8 Å². The molecule has 34 heavy (non-hydrogen) atoms. The Hall–Kier alpha value is -2.78. The van der Waals surface area contributed by atoms with Crippen LogP contribution in [-0.4, -0.2) is 46.2 Å². The average Bonchev–Trinajstić information content (AvgIpc) is 3.45. The highest BCUT2D eigenvalue weighted by atomic mass is 32.2. The van der Waals surface area contributed by atoms with Crippen LogP contribution in [0.1, 0.15) is 5.56 Å². The molecule has 3 aromatic rings. The third-order valence-electron chi connectivity index (χ3n) is 6.23. The van der Waals surface area contributed by atoms with E-state index in [0.29, 0.717) is 12.2 Å². The average molecular weight is 497 g/mol. The van der Waals surface area contributed by atoms with Crippen molar-refractivity contribution in [1.82, 2.24) is 0 Å². The van der Waals surface area contributed by atoms with Gasteiger partial charge < -0.3 is 9.47 Å². The van der Waals surface area contributed by atoms with Gasteiger partial charge in [-0.05, 0) is 35.4 Å². The molecule has 1 saturated heterocycles. The molecule has 6 nitrogen and oxygen atoms in total. The number of ether oxygens (including phenoxy) is 2. The predicted octanol–water partition coefficient (Wildman–Crippen LogP) is 3.60. The number of sulfone groups is 2. The van der Waals surface area contributed by atoms with E-state index in [0.717, 1.165) is 5.56 Å². The molecule has 4 atom stereocenters. The van der Waals surface area contributed by atoms with E-state index in [9.17, 15) is 16.8 Å². The van der Waals surface area contributed by atoms with E-state index in [1.807, 2.05) is 30.3 Å². The summed E-state index contributed by atoms with van der Waals surface area (Å²) < 4.78 is 66.5. The molecular weight excluding hydrogens is 472 g/mol. The fourth-order valence-electron chi connectivity index (χ4n) is 4.64. The molecule has 0 N–H and O–H groups in total. The van der Waals surface area contributed by atoms with Crippen LogP contribution in [0.4, 0.5) is 0 Å². The largest absolute Gasteiger partial charge is 0.372 e. The van der Waals surface area contributed by atoms with Crippen molar-refractivity contribution in [2.24, 2.45) is 0 Å². The number of hydrogen-bond acceptors (Lipinski definition) is 6. The zero-order chi connectivity index (χ0) is 23.8. The van der Waals surface area contributed by atoms with Crippen molar-refractivity contribution < 1.29 is 26.3 Å². The molecule has 3 aromatic carbocycles. The maximum Gasteiger partial charge on any atom is 0.185 e. The van der Waals surface area contributed by atoms with Crippen LogP contribution in [0.2, 0.25) is 0 Å². The summed E-state index contributed by atoms with van der Waals surface area (Å²) >= 11 is 0. The molecule has 0 saturated carbocycles. The molecule has 2 heterocycles. The van der Waals surface area contributed by atoms with Crippen molar-refractivity contribution in [3.05, 3.63) is 108 Å². The molecule has 176 valence electrons. The van der Waals surface area contributed by atoms with Gasteiger partial charge in [0.05, 0.1) is 29.1 Å². The van der Waals surface area contributed by atoms with Gasteiger partial charge >= 0.3 is 0 Å². The molecule has 2 aliphatic rings. The molecule has 0 aliphatic carbocycles. The van der Waals surface area contributed by atoms with Gasteiger partial charge in [0.2, 0.25) is 0 Å². The van der Waals surface area contributed by atoms with E-state index < -0.39 is 42.4 Å². The van der Waals surface area contributed by atoms with E-state index in [1.54, 1.807) is 42.5 Å². The number of fused-ring (bicyclic) bond motifs is 2. The van der Waals surface area contributed by atoms with Gasteiger partial charge in [-0.3, -0.25) is 0 Å². The van der Waals surface area contributed by atoms with E-state index in [-0.39, 0.29) is 16.4 Å². The first-order chi connectivity index (χ1) is 16.4. The SMILES string of the molecule is O=S(=O)(c1ccccc1)[C@H]1[C@H](S(=O)(=O)c2ccccc2)[C@@H]2O[C@H]1C=C2COCc1ccccc1. The molecule has 5 rings (SSSR count). The van der Waals surface area contributed by atoms with Gasteiger partial charge in [-0.2, -0.15) is 0 Å². The lowest BCUT2D eigenvalue weighted by molar-refractivity contribution is 0.0944. The molecule has 8 heteroatoms. The standard InChI is InChI=1S/C26H24O6S2/c27-33(28,21-12-6-2-7-13-21)25-23-16-20(18-31-17-19-10-4-1-5-11-19)24(32-23)26(25)34(29,30)22-14-8-3-9-15-22/h1-16,23-26H,17-18H2/t23-,24+,25+,26+/m0/s1. The molecule has 2 aliphatic heterocycles. The second-order valence-electron chi connectivity index (χ2n) is 8.39. The fraction of sp³-hybridized carbons (Fsp3) is 0.231. The Morgan fingerprint density at radius 2 is 1.15 bits per heavy atom. The van der Waals surface area contributed by atoms with Gasteiger partial charge in [0.25, 0.3) is 0 Å². The molecule has 0 aromatic heterocycles. The Kier molecular flexibility index (Phi) is 6.16. The lowest BCUT2D eigenvalue weighted by Gasteiger charge is -2.28. The van der Waals surface area contributed by atoms with Gasteiger partial charge in [-0.1, -0.05) is 72.8 Å². The molecular formula is C26H24O6S2. The van der Waals surface area contributed by atoms with Crippen LogP contribution in [0, 0.1) is 0 Å². The van der Waals surface area contributed by atoms with E-state index in [4.69, 9.17) is 9.47 Å². The van der Waals surface area contributed by atoms with Crippen molar-refractivity contribution in [3.8, 4) is 0 Å². The van der Waals surface area contributed by atoms with Crippen LogP contribution in [0.15, 0.2) is 112 Å². The lowest BCUT2D eigenvalue weighted by atomic mass is 9.99. The number of benzene rings is 3. The summed E-state index contributed by atoms with van der Waals surface area (Å²) in [5.74, 6) is 0. The molecule has 2 bridgehead atoms. The maximum absolute atomic E-state index is 13.7. The Bertz CT molecular complexity index is 1390. The summed E-state index contributed by atoms with van der Waals surface area (Å²) in [5.41, 5.74) is 1.65. The Morgan fingerprint density at radius 3 is 1.71 bits per heavy atom. The first-order valence-corrected chi connectivity index (χ1v) is 14.0. The zero-order valence-electron chi connectivity index (χ0n) is 18.2. The second kappa shape index (κ2) is 9.11. The zero-order valence-corrected chi connectivity index (χ0v) is 19.9. The van der Waals surface area contributed by atoms with Gasteiger partial charge in [0.15, 0.2) is 19.7 Å². The summed E-state index contributed by atoms with van der Waals surface area (Å²) in [5, 5.41) is -2.52. The van der Waals surface area contributed by atoms with Crippen LogP contribution >= 0.6 is 0 Å². The first kappa shape index (κ1) is 23.0. The Balaban J connectivity index is 1.49. The van der Waals surface area contributed by atoms with Gasteiger partial charge in [0.1, 0.15) is 16.6 Å². The second-order valence-corrected chi connectivity index (χ2v) is 12.6. The summed E-state index contributed by atoms with van der Waals surface area (Å²) in [4.78, 5) is 0.161. The van der Waals surface area contributed by atoms with Crippen LogP contribution in [0.3, 0.4) is 0 Å². The first-order valence-electron chi connectivity index (χ1n) is 10.9. The molecule has 0 amide bonds. The summed E-state index contributed by atoms with van der Waals surface area (Å²) in [6.45, 7) is 0.520. The van der Waals surface area contributed by atoms with E-state index >= 15 is 0 Å². The van der Waals surface area contributed by atoms with Crippen LogP contribution in [-0.2, 0) is 35.8 Å². The van der Waals surface area contributed by atoms with Crippen molar-refractivity contribution in [2.75, 3.05) is 6.61 Å². The highest BCUT2D eigenvalue weighted by Crippen LogP contribution is 2.45. The monoisotopic (exact) mass is 496 g/mol. The summed E-state index contributed by atoms with van der Waals surface area (Å²) in [7, 11) is -8.01. The fourth-order valence-corrected chi connectivity index (χ4v) is 9.28. The minimum absolute atomic E-state index is 0.0777. The number of hydrogen-bond donors (Lipinski definition) is 0. The summed E-state index contributed by atoms with van der Waals surface area (Å²) in [6.07, 6.45) is -0.0406. The highest BCUT2D eigenvalue weighted by molar-refractivity contribution is 7.96. The maximum atomic E-state index is 13.7. The molecule has 0 radical (unpaired) electrons. The van der Waals surface area contributed by atoms with Crippen molar-refractivity contribution >= 4 is 19.7 Å². The molecule has 1 fully saturated rings. The lowest BCUT2D eigenvalue weighted by Crippen LogP contribution is -2.47. The van der Waals surface area contributed by atoms with Gasteiger partial charge in [0, 0.05) is 0 Å². The Morgan fingerprint density at radius 1 is 0.647 bits per heavy atom. The van der Waals surface area contributed by atoms with Crippen LogP contribution in [0.5, 0.6) is 0 Å². The topological polar surface area (TPSA) is 86.7 Å². The van der Waals surface area contributed by atoms with Gasteiger partial charge in [-0.15, -0.1) is 0 Å². The van der Waals surface area contributed by atoms with Crippen LogP contribution in [0.25, 0.3) is 0 Å². The third kappa shape index (κ3) is 4.11. The normalized spacial score (nSPS) is 24.2. The van der Waals surface area contributed by atoms with Crippen molar-refractivity contribution in [1.29, 1.82) is 0 Å². The highest BCUT2D eigenvalue weighted by Gasteiger charge is 2.60. The van der Waals surface area contributed by atoms with E-state index in [1.165, 1.54) is 24.3 Å². The smallest absolute Gasteiger partial charge is 0.185 e. The van der Waals surface area contributed by atoms with E-state index in [2.05, 4.69) is 0 Å². The number of rotatable bonds is 8. The van der Waals surface area contributed by atoms with Crippen molar-refractivity contribution in [3.63, 3.8) is 0 Å². The molecule has 0 unspecified atom stereocenters. The quantitative estimate of drug-likeness (QED) is 0.443. The minimum Gasteiger partial charge on any atom is -0.372 e. The summed E-state index contributed by atoms with van der Waals surface area (Å²) in [6, 6.07) is 25.5. The van der Waals surface area contributed by atoms with Crippen molar-refractivity contribution in [2.45, 2.75) is 39.1 Å². The molecule has 0 spiro atoms. The van der Waals surface area contributed by atoms with Crippen LogP contribution < -0.4 is 0 Å². The third-order valence-corrected chi connectivity index (χ3v) is 10.8.